The number of aliphatic hydroxyl groups is 2. The molecule has 1 spiro atoms. The molecule has 0 radical (unpaired) electrons. The number of likely N-dealkylation sites (tertiary alicyclic amines) is 1. The lowest BCUT2D eigenvalue weighted by Crippen LogP contribution is -2.61. The first-order valence-electron chi connectivity index (χ1n) is 10.1. The highest BCUT2D eigenvalue weighted by molar-refractivity contribution is 5.98. The van der Waals surface area contributed by atoms with Gasteiger partial charge in [0.2, 0.25) is 0 Å². The molecule has 10 heteroatoms. The highest BCUT2D eigenvalue weighted by atomic mass is 16.3. The predicted octanol–water partition coefficient (Wildman–Crippen LogP) is -0.572. The molecule has 4 N–H and O–H groups in total. The van der Waals surface area contributed by atoms with Crippen LogP contribution in [0.1, 0.15) is 28.9 Å². The summed E-state index contributed by atoms with van der Waals surface area (Å²) in [7, 11) is 1.76. The van der Waals surface area contributed by atoms with E-state index in [1.54, 1.807) is 42.1 Å². The van der Waals surface area contributed by atoms with Crippen molar-refractivity contribution in [1.82, 2.24) is 20.0 Å². The smallest absolute Gasteiger partial charge is 0.272 e. The molecule has 2 aliphatic rings. The minimum absolute atomic E-state index is 0.227. The van der Waals surface area contributed by atoms with E-state index in [0.29, 0.717) is 43.7 Å². The molecule has 4 rings (SSSR count). The Balaban J connectivity index is 1.35. The Morgan fingerprint density at radius 3 is 2.52 bits per heavy atom. The third-order valence-corrected chi connectivity index (χ3v) is 5.92. The number of anilines is 1. The van der Waals surface area contributed by atoms with Crippen molar-refractivity contribution in [3.05, 3.63) is 47.8 Å². The van der Waals surface area contributed by atoms with E-state index in [1.807, 2.05) is 6.20 Å². The van der Waals surface area contributed by atoms with Crippen molar-refractivity contribution in [1.29, 1.82) is 0 Å². The van der Waals surface area contributed by atoms with E-state index >= 15 is 0 Å². The molecule has 3 amide bonds. The summed E-state index contributed by atoms with van der Waals surface area (Å²) in [5, 5.41) is 30.1. The molecular formula is C21H25N5O5. The first kappa shape index (κ1) is 21.0. The molecular weight excluding hydrogens is 402 g/mol. The van der Waals surface area contributed by atoms with Crippen LogP contribution in [0.15, 0.2) is 36.5 Å². The summed E-state index contributed by atoms with van der Waals surface area (Å²) in [6, 6.07) is 8.47. The number of nitrogens with one attached hydrogen (secondary N) is 2. The van der Waals surface area contributed by atoms with Gasteiger partial charge in [0.25, 0.3) is 17.7 Å². The van der Waals surface area contributed by atoms with Gasteiger partial charge in [0.1, 0.15) is 0 Å². The second-order valence-corrected chi connectivity index (χ2v) is 8.16. The predicted molar refractivity (Wildman–Crippen MR) is 110 cm³/mol. The van der Waals surface area contributed by atoms with Crippen molar-refractivity contribution in [2.45, 2.75) is 37.0 Å². The molecule has 0 bridgehead atoms. The number of hydrogen-bond donors (Lipinski definition) is 4. The molecule has 1 aromatic carbocycles. The second kappa shape index (κ2) is 8.12. The van der Waals surface area contributed by atoms with Crippen molar-refractivity contribution in [3.8, 4) is 0 Å². The first-order valence-corrected chi connectivity index (χ1v) is 10.1. The van der Waals surface area contributed by atoms with Crippen LogP contribution in [-0.4, -0.2) is 73.5 Å². The molecule has 0 aliphatic carbocycles. The number of amides is 3. The molecule has 3 heterocycles. The number of piperidine rings is 1. The summed E-state index contributed by atoms with van der Waals surface area (Å²) in [6.07, 6.45) is -0.317. The van der Waals surface area contributed by atoms with E-state index in [1.165, 1.54) is 4.90 Å². The summed E-state index contributed by atoms with van der Waals surface area (Å²) < 4.78 is 1.61. The Bertz CT molecular complexity index is 997. The zero-order valence-corrected chi connectivity index (χ0v) is 17.1. The first-order chi connectivity index (χ1) is 14.8. The SMILES string of the molecule is Cn1cc2c(n1)C(=O)NC1(CCN(C(=O)[C@@H](O)[C@H](O)C(=O)Nc3ccccc3)CC1)C2. The number of fused-ring (bicyclic) bond motifs is 1. The lowest BCUT2D eigenvalue weighted by molar-refractivity contribution is -0.152. The quantitative estimate of drug-likeness (QED) is 0.516. The number of aryl methyl sites for hydroxylation is 1. The normalized spacial score (nSPS) is 19.3. The summed E-state index contributed by atoms with van der Waals surface area (Å²) in [5.41, 5.74) is 1.28. The topological polar surface area (TPSA) is 137 Å². The minimum Gasteiger partial charge on any atom is -0.380 e. The van der Waals surface area contributed by atoms with Crippen molar-refractivity contribution in [2.75, 3.05) is 18.4 Å². The number of benzene rings is 1. The van der Waals surface area contributed by atoms with Crippen LogP contribution in [0.2, 0.25) is 0 Å². The maximum absolute atomic E-state index is 12.7. The van der Waals surface area contributed by atoms with Gasteiger partial charge in [-0.1, -0.05) is 18.2 Å². The summed E-state index contributed by atoms with van der Waals surface area (Å²) in [4.78, 5) is 38.7. The molecule has 1 aromatic heterocycles. The van der Waals surface area contributed by atoms with Crippen LogP contribution in [0, 0.1) is 0 Å². The van der Waals surface area contributed by atoms with Gasteiger partial charge in [-0.15, -0.1) is 0 Å². The summed E-state index contributed by atoms with van der Waals surface area (Å²) >= 11 is 0. The third kappa shape index (κ3) is 4.17. The molecule has 1 fully saturated rings. The van der Waals surface area contributed by atoms with Gasteiger partial charge in [-0.05, 0) is 31.4 Å². The average molecular weight is 427 g/mol. The van der Waals surface area contributed by atoms with Gasteiger partial charge in [0, 0.05) is 43.1 Å². The van der Waals surface area contributed by atoms with Crippen LogP contribution >= 0.6 is 0 Å². The van der Waals surface area contributed by atoms with Crippen LogP contribution in [0.25, 0.3) is 0 Å². The number of nitrogens with zero attached hydrogens (tertiary/aromatic N) is 3. The summed E-state index contributed by atoms with van der Waals surface area (Å²) in [6.45, 7) is 0.581. The number of aliphatic hydroxyl groups excluding tert-OH is 2. The minimum atomic E-state index is -1.89. The molecule has 1 saturated heterocycles. The summed E-state index contributed by atoms with van der Waals surface area (Å²) in [5.74, 6) is -1.80. The van der Waals surface area contributed by atoms with Crippen LogP contribution in [0.3, 0.4) is 0 Å². The lowest BCUT2D eigenvalue weighted by Gasteiger charge is -2.44. The third-order valence-electron chi connectivity index (χ3n) is 5.92. The second-order valence-electron chi connectivity index (χ2n) is 8.16. The van der Waals surface area contributed by atoms with E-state index in [0.717, 1.165) is 5.56 Å². The zero-order chi connectivity index (χ0) is 22.2. The van der Waals surface area contributed by atoms with Crippen LogP contribution < -0.4 is 10.6 Å². The van der Waals surface area contributed by atoms with Crippen molar-refractivity contribution in [2.24, 2.45) is 7.05 Å². The molecule has 2 atom stereocenters. The van der Waals surface area contributed by atoms with Crippen molar-refractivity contribution < 1.29 is 24.6 Å². The van der Waals surface area contributed by atoms with E-state index < -0.39 is 29.6 Å². The maximum atomic E-state index is 12.7. The van der Waals surface area contributed by atoms with Gasteiger partial charge < -0.3 is 25.7 Å². The van der Waals surface area contributed by atoms with E-state index in [4.69, 9.17) is 0 Å². The number of carbonyl (C=O) groups excluding carboxylic acids is 3. The Labute approximate surface area is 178 Å². The number of hydrogen-bond acceptors (Lipinski definition) is 6. The van der Waals surface area contributed by atoms with Crippen LogP contribution in [-0.2, 0) is 23.1 Å². The molecule has 31 heavy (non-hydrogen) atoms. The Hall–Kier alpha value is -3.24. The fourth-order valence-electron chi connectivity index (χ4n) is 4.23. The van der Waals surface area contributed by atoms with Gasteiger partial charge in [-0.2, -0.15) is 5.10 Å². The fraction of sp³-hybridized carbons (Fsp3) is 0.429. The van der Waals surface area contributed by atoms with E-state index in [2.05, 4.69) is 15.7 Å². The standard InChI is InChI=1S/C21H25N5O5/c1-25-12-13-11-21(23-18(29)15(13)24-25)7-9-26(10-8-21)20(31)17(28)16(27)19(30)22-14-5-3-2-4-6-14/h2-6,12,16-17,27-28H,7-11H2,1H3,(H,22,30)(H,23,29)/t16-,17-/m0/s1. The monoisotopic (exact) mass is 427 g/mol. The zero-order valence-electron chi connectivity index (χ0n) is 17.1. The molecule has 164 valence electrons. The van der Waals surface area contributed by atoms with Gasteiger partial charge in [-0.25, -0.2) is 0 Å². The Kier molecular flexibility index (Phi) is 5.50. The van der Waals surface area contributed by atoms with Crippen LogP contribution in [0.4, 0.5) is 5.69 Å². The number of carbonyl (C=O) groups is 3. The Morgan fingerprint density at radius 1 is 1.16 bits per heavy atom. The number of rotatable bonds is 4. The lowest BCUT2D eigenvalue weighted by atomic mass is 9.79. The van der Waals surface area contributed by atoms with Crippen LogP contribution in [0.5, 0.6) is 0 Å². The van der Waals surface area contributed by atoms with Crippen molar-refractivity contribution in [3.63, 3.8) is 0 Å². The van der Waals surface area contributed by atoms with E-state index in [9.17, 15) is 24.6 Å². The molecule has 10 nitrogen and oxygen atoms in total. The van der Waals surface area contributed by atoms with E-state index in [-0.39, 0.29) is 5.91 Å². The maximum Gasteiger partial charge on any atom is 0.272 e. The Morgan fingerprint density at radius 2 is 1.84 bits per heavy atom. The molecule has 2 aromatic rings. The molecule has 0 saturated carbocycles. The van der Waals surface area contributed by atoms with Gasteiger partial charge >= 0.3 is 0 Å². The molecule has 0 unspecified atom stereocenters. The van der Waals surface area contributed by atoms with Crippen molar-refractivity contribution >= 4 is 23.4 Å². The van der Waals surface area contributed by atoms with Gasteiger partial charge in [0.05, 0.1) is 0 Å². The van der Waals surface area contributed by atoms with Gasteiger partial charge in [0.15, 0.2) is 17.9 Å². The highest BCUT2D eigenvalue weighted by Crippen LogP contribution is 2.31. The highest BCUT2D eigenvalue weighted by Gasteiger charge is 2.44. The van der Waals surface area contributed by atoms with Gasteiger partial charge in [-0.3, -0.25) is 19.1 Å². The largest absolute Gasteiger partial charge is 0.380 e. The number of aromatic nitrogens is 2. The fourth-order valence-corrected chi connectivity index (χ4v) is 4.23. The molecule has 2 aliphatic heterocycles. The average Bonchev–Trinajstić information content (AvgIpc) is 3.13. The number of para-hydroxylation sites is 1.